The number of rotatable bonds is 10. The van der Waals surface area contributed by atoms with E-state index in [9.17, 15) is 28.1 Å². The number of hydrogen-bond donors (Lipinski definition) is 1. The second-order valence-corrected chi connectivity index (χ2v) is 9.12. The second-order valence-electron chi connectivity index (χ2n) is 7.21. The van der Waals surface area contributed by atoms with E-state index in [-0.39, 0.29) is 17.9 Å². The highest BCUT2D eigenvalue weighted by molar-refractivity contribution is 7.92. The summed E-state index contributed by atoms with van der Waals surface area (Å²) >= 11 is 0. The van der Waals surface area contributed by atoms with Gasteiger partial charge in [0.1, 0.15) is 18.3 Å². The van der Waals surface area contributed by atoms with E-state index in [2.05, 4.69) is 5.32 Å². The Morgan fingerprint density at radius 2 is 1.85 bits per heavy atom. The van der Waals surface area contributed by atoms with Crippen LogP contribution in [0.5, 0.6) is 5.75 Å². The Kier molecular flexibility index (Phi) is 8.35. The average molecular weight is 479 g/mol. The summed E-state index contributed by atoms with van der Waals surface area (Å²) in [6.45, 7) is 0.886. The van der Waals surface area contributed by atoms with E-state index in [1.165, 1.54) is 44.2 Å². The number of methoxy groups -OCH3 is 1. The fourth-order valence-corrected chi connectivity index (χ4v) is 3.98. The number of ether oxygens (including phenoxy) is 1. The molecule has 11 nitrogen and oxygen atoms in total. The van der Waals surface area contributed by atoms with Crippen molar-refractivity contribution in [1.29, 1.82) is 0 Å². The highest BCUT2D eigenvalue weighted by Gasteiger charge is 2.30. The van der Waals surface area contributed by atoms with E-state index < -0.39 is 39.3 Å². The monoisotopic (exact) mass is 478 g/mol. The van der Waals surface area contributed by atoms with Gasteiger partial charge in [0.25, 0.3) is 5.69 Å². The molecule has 0 saturated heterocycles. The minimum atomic E-state index is -3.98. The van der Waals surface area contributed by atoms with E-state index >= 15 is 0 Å². The SMILES string of the molecule is CNC(=O)[C@@H](C)N(Cc1cccc(OC)c1)C(=O)CN(c1cccc([N+](=O)[O-])c1)S(C)(=O)=O. The molecule has 0 aliphatic rings. The first-order chi connectivity index (χ1) is 15.5. The third-order valence-electron chi connectivity index (χ3n) is 4.91. The highest BCUT2D eigenvalue weighted by Crippen LogP contribution is 2.24. The summed E-state index contributed by atoms with van der Waals surface area (Å²) in [5.74, 6) is -0.541. The normalized spacial score (nSPS) is 11.9. The number of amides is 2. The summed E-state index contributed by atoms with van der Waals surface area (Å²) in [5.41, 5.74) is 0.314. The predicted molar refractivity (Wildman–Crippen MR) is 122 cm³/mol. The molecule has 0 aliphatic carbocycles. The lowest BCUT2D eigenvalue weighted by Crippen LogP contribution is -2.50. The van der Waals surface area contributed by atoms with Crippen molar-refractivity contribution in [2.24, 2.45) is 0 Å². The van der Waals surface area contributed by atoms with Gasteiger partial charge in [0.2, 0.25) is 21.8 Å². The fourth-order valence-electron chi connectivity index (χ4n) is 3.13. The molecule has 2 amide bonds. The summed E-state index contributed by atoms with van der Waals surface area (Å²) < 4.78 is 30.9. The highest BCUT2D eigenvalue weighted by atomic mass is 32.2. The standard InChI is InChI=1S/C21H26N4O7S/c1-15(21(27)22-2)23(13-16-7-5-10-19(11-16)32-3)20(26)14-24(33(4,30)31)17-8-6-9-18(12-17)25(28)29/h5-12,15H,13-14H2,1-4H3,(H,22,27)/t15-/m1/s1. The first-order valence-corrected chi connectivity index (χ1v) is 11.7. The molecule has 0 aromatic heterocycles. The van der Waals surface area contributed by atoms with Crippen molar-refractivity contribution in [1.82, 2.24) is 10.2 Å². The van der Waals surface area contributed by atoms with Gasteiger partial charge in [-0.05, 0) is 30.7 Å². The van der Waals surface area contributed by atoms with E-state index in [4.69, 9.17) is 4.74 Å². The molecule has 1 N–H and O–H groups in total. The van der Waals surface area contributed by atoms with Crippen LogP contribution in [0.15, 0.2) is 48.5 Å². The van der Waals surface area contributed by atoms with Crippen molar-refractivity contribution < 1.29 is 27.7 Å². The lowest BCUT2D eigenvalue weighted by Gasteiger charge is -2.31. The Balaban J connectivity index is 2.42. The van der Waals surface area contributed by atoms with Crippen LogP contribution >= 0.6 is 0 Å². The van der Waals surface area contributed by atoms with Gasteiger partial charge in [-0.25, -0.2) is 8.42 Å². The number of nitrogens with one attached hydrogen (secondary N) is 1. The molecule has 0 aliphatic heterocycles. The molecule has 0 heterocycles. The molecule has 33 heavy (non-hydrogen) atoms. The first-order valence-electron chi connectivity index (χ1n) is 9.84. The van der Waals surface area contributed by atoms with Gasteiger partial charge in [-0.3, -0.25) is 24.0 Å². The van der Waals surface area contributed by atoms with Gasteiger partial charge in [0.15, 0.2) is 0 Å². The van der Waals surface area contributed by atoms with Crippen LogP contribution in [0.2, 0.25) is 0 Å². The van der Waals surface area contributed by atoms with Gasteiger partial charge in [-0.2, -0.15) is 0 Å². The summed E-state index contributed by atoms with van der Waals surface area (Å²) in [7, 11) is -1.05. The minimum Gasteiger partial charge on any atom is -0.497 e. The molecule has 2 aromatic rings. The molecule has 2 rings (SSSR count). The Bertz CT molecular complexity index is 1140. The molecule has 0 radical (unpaired) electrons. The number of likely N-dealkylation sites (N-methyl/N-ethyl adjacent to an activating group) is 1. The van der Waals surface area contributed by atoms with Crippen LogP contribution in [-0.2, 0) is 26.2 Å². The topological polar surface area (TPSA) is 139 Å². The fraction of sp³-hybridized carbons (Fsp3) is 0.333. The largest absolute Gasteiger partial charge is 0.497 e. The Hall–Kier alpha value is -3.67. The van der Waals surface area contributed by atoms with Gasteiger partial charge in [-0.15, -0.1) is 0 Å². The van der Waals surface area contributed by atoms with E-state index in [0.29, 0.717) is 11.3 Å². The van der Waals surface area contributed by atoms with E-state index in [0.717, 1.165) is 16.6 Å². The Morgan fingerprint density at radius 3 is 2.42 bits per heavy atom. The molecule has 0 saturated carbocycles. The predicted octanol–water partition coefficient (Wildman–Crippen LogP) is 1.53. The number of sulfonamides is 1. The van der Waals surface area contributed by atoms with Crippen LogP contribution in [-0.4, -0.2) is 63.1 Å². The number of benzene rings is 2. The summed E-state index contributed by atoms with van der Waals surface area (Å²) in [6.07, 6.45) is 0.897. The van der Waals surface area contributed by atoms with Gasteiger partial charge in [0.05, 0.1) is 24.0 Å². The minimum absolute atomic E-state index is 0.0111. The van der Waals surface area contributed by atoms with Crippen molar-refractivity contribution in [3.63, 3.8) is 0 Å². The molecule has 0 unspecified atom stereocenters. The van der Waals surface area contributed by atoms with Gasteiger partial charge >= 0.3 is 0 Å². The zero-order valence-corrected chi connectivity index (χ0v) is 19.5. The number of hydrogen-bond acceptors (Lipinski definition) is 7. The van der Waals surface area contributed by atoms with Crippen LogP contribution in [0.25, 0.3) is 0 Å². The summed E-state index contributed by atoms with van der Waals surface area (Å²) in [5, 5.41) is 13.6. The molecular formula is C21H26N4O7S. The number of nitrogens with zero attached hydrogens (tertiary/aromatic N) is 3. The number of carbonyl (C=O) groups excluding carboxylic acids is 2. The molecule has 0 spiro atoms. The molecule has 12 heteroatoms. The number of anilines is 1. The zero-order valence-electron chi connectivity index (χ0n) is 18.7. The van der Waals surface area contributed by atoms with Gasteiger partial charge in [0, 0.05) is 25.7 Å². The van der Waals surface area contributed by atoms with Crippen molar-refractivity contribution >= 4 is 33.2 Å². The van der Waals surface area contributed by atoms with Crippen molar-refractivity contribution in [3.8, 4) is 5.75 Å². The first kappa shape index (κ1) is 25.6. The lowest BCUT2D eigenvalue weighted by molar-refractivity contribution is -0.384. The quantitative estimate of drug-likeness (QED) is 0.403. The Labute approximate surface area is 192 Å². The van der Waals surface area contributed by atoms with Crippen LogP contribution in [0.4, 0.5) is 11.4 Å². The number of carbonyl (C=O) groups is 2. The average Bonchev–Trinajstić information content (AvgIpc) is 2.79. The smallest absolute Gasteiger partial charge is 0.271 e. The van der Waals surface area contributed by atoms with Crippen molar-refractivity contribution in [2.75, 3.05) is 31.3 Å². The van der Waals surface area contributed by atoms with Crippen LogP contribution in [0.3, 0.4) is 0 Å². The molecule has 0 fully saturated rings. The summed E-state index contributed by atoms with van der Waals surface area (Å²) in [6, 6.07) is 11.0. The lowest BCUT2D eigenvalue weighted by atomic mass is 10.1. The number of non-ortho nitro benzene ring substituents is 1. The third kappa shape index (κ3) is 6.65. The van der Waals surface area contributed by atoms with Crippen LogP contribution in [0.1, 0.15) is 12.5 Å². The second kappa shape index (κ2) is 10.8. The van der Waals surface area contributed by atoms with Crippen LogP contribution < -0.4 is 14.4 Å². The maximum atomic E-state index is 13.3. The summed E-state index contributed by atoms with van der Waals surface area (Å²) in [4.78, 5) is 37.3. The van der Waals surface area contributed by atoms with Crippen molar-refractivity contribution in [2.45, 2.75) is 19.5 Å². The number of nitro benzene ring substituents is 1. The molecule has 2 aromatic carbocycles. The third-order valence-corrected chi connectivity index (χ3v) is 6.05. The Morgan fingerprint density at radius 1 is 1.18 bits per heavy atom. The zero-order chi connectivity index (χ0) is 24.8. The molecule has 1 atom stereocenters. The van der Waals surface area contributed by atoms with Crippen molar-refractivity contribution in [3.05, 3.63) is 64.2 Å². The van der Waals surface area contributed by atoms with E-state index in [1.807, 2.05) is 0 Å². The molecule has 0 bridgehead atoms. The maximum absolute atomic E-state index is 13.3. The van der Waals surface area contributed by atoms with Crippen LogP contribution in [0, 0.1) is 10.1 Å². The van der Waals surface area contributed by atoms with Gasteiger partial charge < -0.3 is 15.0 Å². The van der Waals surface area contributed by atoms with E-state index in [1.54, 1.807) is 24.3 Å². The maximum Gasteiger partial charge on any atom is 0.271 e. The number of nitro groups is 1. The molecular weight excluding hydrogens is 452 g/mol. The molecule has 178 valence electrons. The van der Waals surface area contributed by atoms with Gasteiger partial charge in [-0.1, -0.05) is 18.2 Å².